The second-order valence-electron chi connectivity index (χ2n) is 8.73. The number of allylic oxidation sites excluding steroid dienone is 2. The summed E-state index contributed by atoms with van der Waals surface area (Å²) in [7, 11) is 0. The molecular weight excluding hydrogens is 386 g/mol. The summed E-state index contributed by atoms with van der Waals surface area (Å²) < 4.78 is 76.7. The van der Waals surface area contributed by atoms with Gasteiger partial charge in [-0.25, -0.2) is 0 Å². The Kier molecular flexibility index (Phi) is 4.55. The Labute approximate surface area is 159 Å². The quantitative estimate of drug-likeness (QED) is 0.392. The maximum atomic E-state index is 12.8. The fourth-order valence-corrected chi connectivity index (χ4v) is 4.90. The van der Waals surface area contributed by atoms with E-state index in [1.54, 1.807) is 0 Å². The van der Waals surface area contributed by atoms with Crippen molar-refractivity contribution < 1.29 is 36.2 Å². The molecule has 2 atom stereocenters. The van der Waals surface area contributed by atoms with Gasteiger partial charge >= 0.3 is 18.0 Å². The first-order chi connectivity index (χ1) is 12.6. The summed E-state index contributed by atoms with van der Waals surface area (Å²) in [6, 6.07) is 0. The van der Waals surface area contributed by atoms with Crippen molar-refractivity contribution in [2.75, 3.05) is 0 Å². The maximum Gasteiger partial charge on any atom is 0.438 e. The van der Waals surface area contributed by atoms with Crippen molar-refractivity contribution in [2.45, 2.75) is 76.7 Å². The SMILES string of the molecule is C[C@@]12CC=C(C3(CC#CC(O)(C(F)(F)F)C(F)(F)F)CC3)[C@@]1(C)CCCC2=O. The first-order valence-electron chi connectivity index (χ1n) is 9.23. The Balaban J connectivity index is 1.88. The minimum absolute atomic E-state index is 0.151. The number of carbonyl (C=O) groups excluding carboxylic acids is 1. The predicted octanol–water partition coefficient (Wildman–Crippen LogP) is 5.11. The van der Waals surface area contributed by atoms with Crippen LogP contribution in [0.25, 0.3) is 0 Å². The molecule has 1 N–H and O–H groups in total. The monoisotopic (exact) mass is 408 g/mol. The number of ketones is 1. The summed E-state index contributed by atoms with van der Waals surface area (Å²) in [5, 5.41) is 9.20. The Morgan fingerprint density at radius 2 is 1.61 bits per heavy atom. The van der Waals surface area contributed by atoms with Crippen LogP contribution in [0.2, 0.25) is 0 Å². The Hall–Kier alpha value is -1.49. The summed E-state index contributed by atoms with van der Waals surface area (Å²) in [4.78, 5) is 12.5. The van der Waals surface area contributed by atoms with Gasteiger partial charge in [-0.2, -0.15) is 26.3 Å². The number of alkyl halides is 6. The molecule has 156 valence electrons. The molecule has 2 saturated carbocycles. The third-order valence-corrected chi connectivity index (χ3v) is 7.16. The molecule has 0 aromatic carbocycles. The van der Waals surface area contributed by atoms with Crippen molar-refractivity contribution in [3.8, 4) is 11.8 Å². The van der Waals surface area contributed by atoms with Crippen molar-refractivity contribution in [3.05, 3.63) is 11.6 Å². The van der Waals surface area contributed by atoms with Crippen LogP contribution in [0.4, 0.5) is 26.3 Å². The lowest BCUT2D eigenvalue weighted by Crippen LogP contribution is -2.55. The lowest BCUT2D eigenvalue weighted by molar-refractivity contribution is -0.343. The summed E-state index contributed by atoms with van der Waals surface area (Å²) in [6.07, 6.45) is -6.45. The van der Waals surface area contributed by atoms with E-state index < -0.39 is 34.2 Å². The van der Waals surface area contributed by atoms with E-state index >= 15 is 0 Å². The third kappa shape index (κ3) is 2.80. The van der Waals surface area contributed by atoms with Crippen LogP contribution in [0.15, 0.2) is 11.6 Å². The molecule has 0 aromatic rings. The van der Waals surface area contributed by atoms with Gasteiger partial charge in [0.05, 0.1) is 0 Å². The Morgan fingerprint density at radius 3 is 2.11 bits per heavy atom. The molecule has 0 saturated heterocycles. The molecule has 2 nitrogen and oxygen atoms in total. The second-order valence-corrected chi connectivity index (χ2v) is 8.73. The molecule has 0 heterocycles. The van der Waals surface area contributed by atoms with Gasteiger partial charge in [0.25, 0.3) is 0 Å². The molecule has 0 radical (unpaired) electrons. The van der Waals surface area contributed by atoms with Crippen LogP contribution in [0.5, 0.6) is 0 Å². The van der Waals surface area contributed by atoms with Crippen LogP contribution in [0.1, 0.15) is 58.8 Å². The van der Waals surface area contributed by atoms with Gasteiger partial charge in [0.1, 0.15) is 5.78 Å². The van der Waals surface area contributed by atoms with Gasteiger partial charge in [0.2, 0.25) is 0 Å². The molecule has 0 unspecified atom stereocenters. The van der Waals surface area contributed by atoms with E-state index in [9.17, 15) is 36.2 Å². The van der Waals surface area contributed by atoms with Crippen LogP contribution in [-0.2, 0) is 4.79 Å². The lowest BCUT2D eigenvalue weighted by atomic mass is 9.54. The zero-order valence-electron chi connectivity index (χ0n) is 15.7. The van der Waals surface area contributed by atoms with Crippen molar-refractivity contribution in [3.63, 3.8) is 0 Å². The first-order valence-corrected chi connectivity index (χ1v) is 9.23. The molecule has 3 rings (SSSR count). The van der Waals surface area contributed by atoms with Crippen LogP contribution in [0.3, 0.4) is 0 Å². The molecule has 3 aliphatic rings. The highest BCUT2D eigenvalue weighted by Gasteiger charge is 2.70. The molecule has 0 aliphatic heterocycles. The van der Waals surface area contributed by atoms with Gasteiger partial charge < -0.3 is 5.11 Å². The van der Waals surface area contributed by atoms with Crippen LogP contribution in [0, 0.1) is 28.1 Å². The van der Waals surface area contributed by atoms with E-state index in [-0.39, 0.29) is 12.2 Å². The molecule has 3 aliphatic carbocycles. The minimum Gasteiger partial charge on any atom is -0.363 e. The number of hydrogen-bond acceptors (Lipinski definition) is 2. The predicted molar refractivity (Wildman–Crippen MR) is 88.9 cm³/mol. The van der Waals surface area contributed by atoms with Crippen molar-refractivity contribution in [2.24, 2.45) is 16.2 Å². The van der Waals surface area contributed by atoms with E-state index in [4.69, 9.17) is 0 Å². The highest BCUT2D eigenvalue weighted by atomic mass is 19.4. The number of fused-ring (bicyclic) bond motifs is 1. The van der Waals surface area contributed by atoms with Gasteiger partial charge in [-0.1, -0.05) is 31.4 Å². The normalized spacial score (nSPS) is 32.3. The smallest absolute Gasteiger partial charge is 0.363 e. The molecule has 0 aromatic heterocycles. The fourth-order valence-electron chi connectivity index (χ4n) is 4.90. The number of aliphatic hydroxyl groups is 1. The topological polar surface area (TPSA) is 37.3 Å². The number of halogens is 6. The number of hydrogen-bond donors (Lipinski definition) is 1. The zero-order valence-corrected chi connectivity index (χ0v) is 15.7. The van der Waals surface area contributed by atoms with Gasteiger partial charge in [-0.05, 0) is 38.0 Å². The molecule has 2 fully saturated rings. The summed E-state index contributed by atoms with van der Waals surface area (Å²) >= 11 is 0. The lowest BCUT2D eigenvalue weighted by Gasteiger charge is -2.47. The summed E-state index contributed by atoms with van der Waals surface area (Å²) in [5.41, 5.74) is -5.74. The molecule has 0 amide bonds. The highest BCUT2D eigenvalue weighted by molar-refractivity contribution is 5.88. The molecule has 28 heavy (non-hydrogen) atoms. The number of carbonyl (C=O) groups is 1. The van der Waals surface area contributed by atoms with E-state index in [2.05, 4.69) is 0 Å². The van der Waals surface area contributed by atoms with E-state index in [0.717, 1.165) is 17.9 Å². The fraction of sp³-hybridized carbons (Fsp3) is 0.750. The standard InChI is InChI=1S/C20H22F6O2/c1-15-7-3-5-14(27)16(15,2)10-6-13(15)17(11-12-17)8-4-9-18(28,19(21,22)23)20(24,25)26/h6,28H,3,5,7-8,10-12H2,1-2H3/t15-,16+/m1/s1. The minimum atomic E-state index is -5.94. The Morgan fingerprint density at radius 1 is 1.04 bits per heavy atom. The van der Waals surface area contributed by atoms with Crippen molar-refractivity contribution in [1.29, 1.82) is 0 Å². The van der Waals surface area contributed by atoms with Crippen molar-refractivity contribution in [1.82, 2.24) is 0 Å². The molecule has 0 bridgehead atoms. The highest BCUT2D eigenvalue weighted by Crippen LogP contribution is 2.69. The van der Waals surface area contributed by atoms with Gasteiger partial charge in [-0.3, -0.25) is 4.79 Å². The average Bonchev–Trinajstić information content (AvgIpc) is 3.25. The summed E-state index contributed by atoms with van der Waals surface area (Å²) in [5.74, 6) is 3.20. The number of rotatable bonds is 2. The van der Waals surface area contributed by atoms with E-state index in [1.807, 2.05) is 25.8 Å². The maximum absolute atomic E-state index is 12.8. The average molecular weight is 408 g/mol. The molecule has 0 spiro atoms. The summed E-state index contributed by atoms with van der Waals surface area (Å²) in [6.45, 7) is 3.87. The van der Waals surface area contributed by atoms with Crippen molar-refractivity contribution >= 4 is 5.78 Å². The van der Waals surface area contributed by atoms with Crippen LogP contribution >= 0.6 is 0 Å². The molecular formula is C20H22F6O2. The number of Topliss-reactive ketones (excluding diaryl/α,β-unsaturated/α-hetero) is 1. The van der Waals surface area contributed by atoms with Gasteiger partial charge in [-0.15, -0.1) is 0 Å². The van der Waals surface area contributed by atoms with Gasteiger partial charge in [0.15, 0.2) is 0 Å². The zero-order chi connectivity index (χ0) is 21.2. The second kappa shape index (κ2) is 6.01. The van der Waals surface area contributed by atoms with E-state index in [1.165, 1.54) is 0 Å². The van der Waals surface area contributed by atoms with Crippen LogP contribution < -0.4 is 0 Å². The Bertz CT molecular complexity index is 763. The van der Waals surface area contributed by atoms with Crippen LogP contribution in [-0.4, -0.2) is 28.8 Å². The third-order valence-electron chi connectivity index (χ3n) is 7.16. The van der Waals surface area contributed by atoms with Gasteiger partial charge in [0, 0.05) is 29.1 Å². The molecule has 8 heteroatoms. The van der Waals surface area contributed by atoms with E-state index in [0.29, 0.717) is 32.1 Å². The first kappa shape index (κ1) is 21.2. The largest absolute Gasteiger partial charge is 0.438 e.